The summed E-state index contributed by atoms with van der Waals surface area (Å²) < 4.78 is 10.5. The van der Waals surface area contributed by atoms with E-state index in [9.17, 15) is 4.79 Å². The number of hydrogen-bond acceptors (Lipinski definition) is 4. The molecule has 3 rings (SSSR count). The molecule has 0 aliphatic heterocycles. The van der Waals surface area contributed by atoms with Gasteiger partial charge in [-0.25, -0.2) is 9.78 Å². The van der Waals surface area contributed by atoms with E-state index in [2.05, 4.69) is 10.9 Å². The van der Waals surface area contributed by atoms with Crippen LogP contribution >= 0.6 is 0 Å². The van der Waals surface area contributed by atoms with Crippen LogP contribution < -0.4 is 0 Å². The monoisotopic (exact) mass is 277 g/mol. The first kappa shape index (κ1) is 12.9. The second kappa shape index (κ2) is 5.51. The zero-order chi connectivity index (χ0) is 14.7. The van der Waals surface area contributed by atoms with Crippen LogP contribution in [0.3, 0.4) is 0 Å². The SMILES string of the molecule is C#CCOC(=O)c1ccc(-c2nc3ccccc3o2)cc1. The van der Waals surface area contributed by atoms with Gasteiger partial charge in [0.15, 0.2) is 12.2 Å². The number of oxazole rings is 1. The summed E-state index contributed by atoms with van der Waals surface area (Å²) in [6, 6.07) is 14.4. The molecule has 0 aliphatic rings. The van der Waals surface area contributed by atoms with Crippen LogP contribution in [-0.2, 0) is 4.74 Å². The Morgan fingerprint density at radius 2 is 1.95 bits per heavy atom. The summed E-state index contributed by atoms with van der Waals surface area (Å²) >= 11 is 0. The number of fused-ring (bicyclic) bond motifs is 1. The minimum atomic E-state index is -0.447. The summed E-state index contributed by atoms with van der Waals surface area (Å²) in [5.74, 6) is 2.32. The number of hydrogen-bond donors (Lipinski definition) is 0. The maximum absolute atomic E-state index is 11.6. The average Bonchev–Trinajstić information content (AvgIpc) is 2.96. The van der Waals surface area contributed by atoms with Gasteiger partial charge in [0.2, 0.25) is 5.89 Å². The van der Waals surface area contributed by atoms with Gasteiger partial charge in [-0.1, -0.05) is 18.1 Å². The van der Waals surface area contributed by atoms with Crippen molar-refractivity contribution in [3.05, 3.63) is 54.1 Å². The maximum atomic E-state index is 11.6. The van der Waals surface area contributed by atoms with Gasteiger partial charge in [0.25, 0.3) is 0 Å². The summed E-state index contributed by atoms with van der Waals surface area (Å²) in [7, 11) is 0. The van der Waals surface area contributed by atoms with E-state index < -0.39 is 5.97 Å². The Kier molecular flexibility index (Phi) is 3.40. The predicted octanol–water partition coefficient (Wildman–Crippen LogP) is 3.28. The van der Waals surface area contributed by atoms with Gasteiger partial charge in [-0.05, 0) is 36.4 Å². The molecule has 1 aromatic heterocycles. The van der Waals surface area contributed by atoms with Crippen molar-refractivity contribution >= 4 is 17.1 Å². The second-order valence-electron chi connectivity index (χ2n) is 4.34. The average molecular weight is 277 g/mol. The van der Waals surface area contributed by atoms with Crippen LogP contribution in [0.25, 0.3) is 22.6 Å². The van der Waals surface area contributed by atoms with E-state index in [0.717, 1.165) is 16.7 Å². The van der Waals surface area contributed by atoms with Crippen LogP contribution in [0, 0.1) is 12.3 Å². The third-order valence-corrected chi connectivity index (χ3v) is 2.95. The van der Waals surface area contributed by atoms with Crippen molar-refractivity contribution in [2.75, 3.05) is 6.61 Å². The van der Waals surface area contributed by atoms with Gasteiger partial charge in [-0.2, -0.15) is 0 Å². The lowest BCUT2D eigenvalue weighted by molar-refractivity contribution is 0.0557. The molecule has 0 amide bonds. The first-order valence-corrected chi connectivity index (χ1v) is 6.34. The standard InChI is InChI=1S/C17H11NO3/c1-2-11-20-17(19)13-9-7-12(8-10-13)16-18-14-5-3-4-6-15(14)21-16/h1,3-10H,11H2. The van der Waals surface area contributed by atoms with Crippen LogP contribution in [0.1, 0.15) is 10.4 Å². The van der Waals surface area contributed by atoms with E-state index in [-0.39, 0.29) is 6.61 Å². The molecule has 4 nitrogen and oxygen atoms in total. The lowest BCUT2D eigenvalue weighted by Gasteiger charge is -2.01. The normalized spacial score (nSPS) is 10.2. The van der Waals surface area contributed by atoms with Crippen LogP contribution in [0.5, 0.6) is 0 Å². The van der Waals surface area contributed by atoms with Crippen molar-refractivity contribution in [1.82, 2.24) is 4.98 Å². The zero-order valence-electron chi connectivity index (χ0n) is 11.1. The Labute approximate surface area is 121 Å². The fourth-order valence-corrected chi connectivity index (χ4v) is 1.94. The molecule has 2 aromatic carbocycles. The van der Waals surface area contributed by atoms with E-state index >= 15 is 0 Å². The number of nitrogens with zero attached hydrogens (tertiary/aromatic N) is 1. The highest BCUT2D eigenvalue weighted by Gasteiger charge is 2.10. The number of benzene rings is 2. The van der Waals surface area contributed by atoms with E-state index in [1.807, 2.05) is 24.3 Å². The summed E-state index contributed by atoms with van der Waals surface area (Å²) in [5.41, 5.74) is 2.75. The quantitative estimate of drug-likeness (QED) is 0.544. The number of carbonyl (C=O) groups excluding carboxylic acids is 1. The maximum Gasteiger partial charge on any atom is 0.339 e. The van der Waals surface area contributed by atoms with Gasteiger partial charge >= 0.3 is 5.97 Å². The molecule has 0 fully saturated rings. The molecule has 1 heterocycles. The highest BCUT2D eigenvalue weighted by atomic mass is 16.5. The van der Waals surface area contributed by atoms with Gasteiger partial charge in [-0.3, -0.25) is 0 Å². The van der Waals surface area contributed by atoms with Crippen molar-refractivity contribution < 1.29 is 13.9 Å². The summed E-state index contributed by atoms with van der Waals surface area (Å²) in [6.45, 7) is -0.0360. The smallest absolute Gasteiger partial charge is 0.339 e. The third-order valence-electron chi connectivity index (χ3n) is 2.95. The number of terminal acetylenes is 1. The molecule has 21 heavy (non-hydrogen) atoms. The van der Waals surface area contributed by atoms with Gasteiger partial charge in [-0.15, -0.1) is 6.42 Å². The number of carbonyl (C=O) groups is 1. The van der Waals surface area contributed by atoms with Gasteiger partial charge in [0.1, 0.15) is 5.52 Å². The largest absolute Gasteiger partial charge is 0.449 e. The van der Waals surface area contributed by atoms with Crippen molar-refractivity contribution in [3.8, 4) is 23.8 Å². The fourth-order valence-electron chi connectivity index (χ4n) is 1.94. The van der Waals surface area contributed by atoms with E-state index in [1.165, 1.54) is 0 Å². The molecule has 102 valence electrons. The Hall–Kier alpha value is -3.06. The molecule has 3 aromatic rings. The molecule has 0 aliphatic carbocycles. The van der Waals surface area contributed by atoms with Crippen LogP contribution in [0.15, 0.2) is 52.9 Å². The third kappa shape index (κ3) is 2.63. The molecule has 0 saturated carbocycles. The Bertz CT molecular complexity index is 792. The first-order valence-electron chi connectivity index (χ1n) is 6.34. The molecule has 4 heteroatoms. The molecular formula is C17H11NO3. The molecular weight excluding hydrogens is 266 g/mol. The number of aromatic nitrogens is 1. The molecule has 0 spiro atoms. The van der Waals surface area contributed by atoms with Crippen molar-refractivity contribution in [1.29, 1.82) is 0 Å². The molecule has 0 saturated heterocycles. The molecule has 0 bridgehead atoms. The highest BCUT2D eigenvalue weighted by molar-refractivity contribution is 5.90. The van der Waals surface area contributed by atoms with E-state index in [0.29, 0.717) is 11.5 Å². The molecule has 0 atom stereocenters. The van der Waals surface area contributed by atoms with E-state index in [1.54, 1.807) is 24.3 Å². The highest BCUT2D eigenvalue weighted by Crippen LogP contribution is 2.24. The number of rotatable bonds is 3. The van der Waals surface area contributed by atoms with Crippen molar-refractivity contribution in [3.63, 3.8) is 0 Å². The molecule has 0 radical (unpaired) electrons. The molecule has 0 unspecified atom stereocenters. The van der Waals surface area contributed by atoms with E-state index in [4.69, 9.17) is 15.6 Å². The van der Waals surface area contributed by atoms with Gasteiger partial charge < -0.3 is 9.15 Å². The van der Waals surface area contributed by atoms with Crippen LogP contribution in [-0.4, -0.2) is 17.6 Å². The summed E-state index contributed by atoms with van der Waals surface area (Å²) in [6.07, 6.45) is 5.04. The lowest BCUT2D eigenvalue weighted by atomic mass is 10.1. The lowest BCUT2D eigenvalue weighted by Crippen LogP contribution is -2.04. The van der Waals surface area contributed by atoms with Gasteiger partial charge in [0.05, 0.1) is 5.56 Å². The van der Waals surface area contributed by atoms with Crippen LogP contribution in [0.2, 0.25) is 0 Å². The Morgan fingerprint density at radius 3 is 2.67 bits per heavy atom. The first-order chi connectivity index (χ1) is 10.3. The van der Waals surface area contributed by atoms with Crippen molar-refractivity contribution in [2.45, 2.75) is 0 Å². The van der Waals surface area contributed by atoms with Crippen molar-refractivity contribution in [2.24, 2.45) is 0 Å². The molecule has 0 N–H and O–H groups in total. The van der Waals surface area contributed by atoms with Crippen LogP contribution in [0.4, 0.5) is 0 Å². The fraction of sp³-hybridized carbons (Fsp3) is 0.0588. The Balaban J connectivity index is 1.87. The number of para-hydroxylation sites is 2. The predicted molar refractivity (Wildman–Crippen MR) is 78.6 cm³/mol. The number of ether oxygens (including phenoxy) is 1. The summed E-state index contributed by atoms with van der Waals surface area (Å²) in [5, 5.41) is 0. The minimum absolute atomic E-state index is 0.0360. The topological polar surface area (TPSA) is 52.3 Å². The number of esters is 1. The van der Waals surface area contributed by atoms with Gasteiger partial charge in [0, 0.05) is 5.56 Å². The minimum Gasteiger partial charge on any atom is -0.449 e. The second-order valence-corrected chi connectivity index (χ2v) is 4.34. The Morgan fingerprint density at radius 1 is 1.19 bits per heavy atom. The summed E-state index contributed by atoms with van der Waals surface area (Å²) in [4.78, 5) is 16.0. The zero-order valence-corrected chi connectivity index (χ0v) is 11.1.